The average Bonchev–Trinajstić information content (AvgIpc) is 2.56. The van der Waals surface area contributed by atoms with Gasteiger partial charge in [-0.15, -0.1) is 0 Å². The van der Waals surface area contributed by atoms with Gasteiger partial charge in [0.15, 0.2) is 13.2 Å². The molecule has 0 aliphatic heterocycles. The Morgan fingerprint density at radius 3 is 1.41 bits per heavy atom. The molecule has 2 aromatic rings. The molecule has 2 rings (SSSR count). The van der Waals surface area contributed by atoms with Crippen LogP contribution in [0.5, 0.6) is 0 Å². The summed E-state index contributed by atoms with van der Waals surface area (Å²) in [5.41, 5.74) is 9.21. The molecule has 0 aromatic heterocycles. The SMILES string of the molecule is Cc1cc(C)c([P+](=Nc2c(C(C)(C)C)cc(C(C)(C)C)cc2C(C)(C)C)[N-][Si](C)(C)C)c(C)c1. The topological polar surface area (TPSA) is 26.5 Å². The number of hydrogen-bond donors (Lipinski definition) is 0. The summed E-state index contributed by atoms with van der Waals surface area (Å²) in [6.07, 6.45) is 0. The predicted octanol–water partition coefficient (Wildman–Crippen LogP) is 10.3. The van der Waals surface area contributed by atoms with Crippen molar-refractivity contribution in [3.8, 4) is 0 Å². The maximum Gasteiger partial charge on any atom is 0.165 e. The van der Waals surface area contributed by atoms with Crippen molar-refractivity contribution in [2.24, 2.45) is 4.74 Å². The molecule has 0 spiro atoms. The molecule has 0 saturated heterocycles. The Kier molecular flexibility index (Phi) is 8.21. The zero-order valence-corrected chi connectivity index (χ0v) is 26.5. The summed E-state index contributed by atoms with van der Waals surface area (Å²) in [4.78, 5) is 0. The van der Waals surface area contributed by atoms with Crippen molar-refractivity contribution in [3.63, 3.8) is 0 Å². The number of nitrogens with zero attached hydrogens (tertiary/aromatic N) is 2. The molecule has 34 heavy (non-hydrogen) atoms. The molecule has 4 heteroatoms. The highest BCUT2D eigenvalue weighted by molar-refractivity contribution is 7.62. The molecular formula is C30H49N2PSi. The summed E-state index contributed by atoms with van der Waals surface area (Å²) in [5, 5.41) is 1.34. The fraction of sp³-hybridized carbons (Fsp3) is 0.600. The molecule has 0 saturated carbocycles. The minimum atomic E-state index is -1.72. The van der Waals surface area contributed by atoms with Gasteiger partial charge in [0.2, 0.25) is 0 Å². The first-order chi connectivity index (χ1) is 15.1. The molecular weight excluding hydrogens is 447 g/mol. The van der Waals surface area contributed by atoms with E-state index in [0.29, 0.717) is 0 Å². The zero-order chi connectivity index (χ0) is 26.4. The third-order valence-electron chi connectivity index (χ3n) is 6.02. The van der Waals surface area contributed by atoms with Gasteiger partial charge in [-0.1, -0.05) is 117 Å². The number of benzene rings is 2. The van der Waals surface area contributed by atoms with Crippen LogP contribution in [0.4, 0.5) is 5.69 Å². The van der Waals surface area contributed by atoms with Crippen molar-refractivity contribution >= 4 is 27.1 Å². The average molecular weight is 497 g/mol. The molecule has 0 heterocycles. The summed E-state index contributed by atoms with van der Waals surface area (Å²) in [6, 6.07) is 9.44. The van der Waals surface area contributed by atoms with Crippen LogP contribution in [0.15, 0.2) is 29.0 Å². The lowest BCUT2D eigenvalue weighted by Gasteiger charge is -2.32. The van der Waals surface area contributed by atoms with Gasteiger partial charge < -0.3 is 4.75 Å². The van der Waals surface area contributed by atoms with Gasteiger partial charge in [-0.3, -0.25) is 0 Å². The van der Waals surface area contributed by atoms with Gasteiger partial charge in [0, 0.05) is 11.1 Å². The van der Waals surface area contributed by atoms with Crippen molar-refractivity contribution in [1.82, 2.24) is 0 Å². The first kappa shape index (κ1) is 29.0. The Labute approximate surface area is 213 Å². The van der Waals surface area contributed by atoms with E-state index in [1.807, 2.05) is 0 Å². The first-order valence-electron chi connectivity index (χ1n) is 12.6. The molecule has 0 aliphatic rings. The van der Waals surface area contributed by atoms with Gasteiger partial charge in [0.1, 0.15) is 5.69 Å². The van der Waals surface area contributed by atoms with Crippen LogP contribution in [-0.4, -0.2) is 8.24 Å². The maximum absolute atomic E-state index is 5.65. The summed E-state index contributed by atoms with van der Waals surface area (Å²) < 4.78 is 11.1. The Hall–Kier alpha value is -1.28. The zero-order valence-electron chi connectivity index (χ0n) is 24.7. The molecule has 0 N–H and O–H groups in total. The van der Waals surface area contributed by atoms with Crippen LogP contribution >= 0.6 is 7.86 Å². The smallest absolute Gasteiger partial charge is 0.165 e. The van der Waals surface area contributed by atoms with Gasteiger partial charge in [-0.25, -0.2) is 0 Å². The minimum Gasteiger partial charge on any atom is -0.417 e. The summed E-state index contributed by atoms with van der Waals surface area (Å²) in [7, 11) is -2.75. The number of hydrogen-bond acceptors (Lipinski definition) is 1. The summed E-state index contributed by atoms with van der Waals surface area (Å²) >= 11 is 0. The fourth-order valence-corrected chi connectivity index (χ4v) is 8.42. The molecule has 0 fully saturated rings. The molecule has 0 radical (unpaired) electrons. The van der Waals surface area contributed by atoms with E-state index in [0.717, 1.165) is 0 Å². The van der Waals surface area contributed by atoms with Crippen molar-refractivity contribution in [2.75, 3.05) is 0 Å². The first-order valence-corrected chi connectivity index (χ1v) is 17.3. The van der Waals surface area contributed by atoms with Gasteiger partial charge in [0.25, 0.3) is 0 Å². The highest BCUT2D eigenvalue weighted by Gasteiger charge is 2.31. The van der Waals surface area contributed by atoms with E-state index in [1.165, 1.54) is 44.4 Å². The molecule has 0 bridgehead atoms. The van der Waals surface area contributed by atoms with E-state index in [2.05, 4.69) is 127 Å². The van der Waals surface area contributed by atoms with Crippen molar-refractivity contribution < 1.29 is 0 Å². The van der Waals surface area contributed by atoms with Gasteiger partial charge in [-0.05, 0) is 61.9 Å². The Morgan fingerprint density at radius 2 is 1.09 bits per heavy atom. The van der Waals surface area contributed by atoms with Crippen LogP contribution in [0.1, 0.15) is 95.7 Å². The highest BCUT2D eigenvalue weighted by atomic mass is 31.1. The van der Waals surface area contributed by atoms with Crippen LogP contribution in [-0.2, 0) is 16.2 Å². The number of rotatable bonds is 4. The molecule has 0 aliphatic carbocycles. The van der Waals surface area contributed by atoms with Crippen LogP contribution in [0.3, 0.4) is 0 Å². The monoisotopic (exact) mass is 496 g/mol. The van der Waals surface area contributed by atoms with E-state index in [9.17, 15) is 0 Å². The second-order valence-electron chi connectivity index (χ2n) is 14.1. The maximum atomic E-state index is 5.65. The predicted molar refractivity (Wildman–Crippen MR) is 159 cm³/mol. The van der Waals surface area contributed by atoms with Crippen LogP contribution in [0.2, 0.25) is 19.6 Å². The second kappa shape index (κ2) is 9.64. The van der Waals surface area contributed by atoms with E-state index in [4.69, 9.17) is 9.50 Å². The lowest BCUT2D eigenvalue weighted by molar-refractivity contribution is 0.550. The second-order valence-corrected chi connectivity index (χ2v) is 20.4. The molecule has 188 valence electrons. The minimum absolute atomic E-state index is 0.0162. The van der Waals surface area contributed by atoms with E-state index in [1.54, 1.807) is 0 Å². The Morgan fingerprint density at radius 1 is 0.676 bits per heavy atom. The number of aryl methyl sites for hydroxylation is 3. The molecule has 1 atom stereocenters. The van der Waals surface area contributed by atoms with Gasteiger partial charge >= 0.3 is 0 Å². The Balaban J connectivity index is 3.06. The van der Waals surface area contributed by atoms with Crippen molar-refractivity contribution in [1.29, 1.82) is 0 Å². The van der Waals surface area contributed by atoms with Gasteiger partial charge in [-0.2, -0.15) is 0 Å². The molecule has 2 nitrogen and oxygen atoms in total. The van der Waals surface area contributed by atoms with E-state index < -0.39 is 16.1 Å². The van der Waals surface area contributed by atoms with Crippen LogP contribution < -0.4 is 5.30 Å². The Bertz CT molecular complexity index is 1030. The quantitative estimate of drug-likeness (QED) is 0.297. The fourth-order valence-electron chi connectivity index (χ4n) is 4.31. The molecule has 0 amide bonds. The highest BCUT2D eigenvalue weighted by Crippen LogP contribution is 2.49. The largest absolute Gasteiger partial charge is 0.417 e. The van der Waals surface area contributed by atoms with Gasteiger partial charge in [0.05, 0.1) is 0 Å². The summed E-state index contributed by atoms with van der Waals surface area (Å²) in [6.45, 7) is 34.5. The van der Waals surface area contributed by atoms with E-state index >= 15 is 0 Å². The van der Waals surface area contributed by atoms with Crippen LogP contribution in [0.25, 0.3) is 4.75 Å². The van der Waals surface area contributed by atoms with E-state index in [-0.39, 0.29) is 16.2 Å². The summed E-state index contributed by atoms with van der Waals surface area (Å²) in [5.74, 6) is 0. The van der Waals surface area contributed by atoms with Crippen LogP contribution in [0, 0.1) is 20.8 Å². The third-order valence-corrected chi connectivity index (χ3v) is 10.7. The standard InChI is InChI=1S/C30H49N2PSi/c1-20-16-21(2)27(22(3)17-20)33(32-34(13,14)15)31-26-24(29(7,8)9)18-23(28(4,5)6)19-25(26)30(10,11)12/h16-19H,1-15H3. The third kappa shape index (κ3) is 7.12. The molecule has 1 unspecified atom stereocenters. The lowest BCUT2D eigenvalue weighted by Crippen LogP contribution is -2.22. The van der Waals surface area contributed by atoms with Crippen molar-refractivity contribution in [2.45, 2.75) is 119 Å². The van der Waals surface area contributed by atoms with Crippen molar-refractivity contribution in [3.05, 3.63) is 62.4 Å². The normalized spacial score (nSPS) is 14.0. The lowest BCUT2D eigenvalue weighted by atomic mass is 9.74. The molecule has 2 aromatic carbocycles.